The van der Waals surface area contributed by atoms with Gasteiger partial charge in [0.05, 0.1) is 16.6 Å². The molecule has 4 nitrogen and oxygen atoms in total. The first-order valence-corrected chi connectivity index (χ1v) is 10.0. The van der Waals surface area contributed by atoms with E-state index in [-0.39, 0.29) is 5.56 Å². The second-order valence-electron chi connectivity index (χ2n) is 6.95. The third-order valence-corrected chi connectivity index (χ3v) is 5.71. The Balaban J connectivity index is 1.76. The summed E-state index contributed by atoms with van der Waals surface area (Å²) >= 11 is 12.4. The van der Waals surface area contributed by atoms with Crippen molar-refractivity contribution in [2.45, 2.75) is 0 Å². The summed E-state index contributed by atoms with van der Waals surface area (Å²) < 4.78 is 1.18. The minimum Gasteiger partial charge on any atom is -0.306 e. The van der Waals surface area contributed by atoms with Crippen molar-refractivity contribution in [3.8, 4) is 16.8 Å². The van der Waals surface area contributed by atoms with Gasteiger partial charge in [0, 0.05) is 21.0 Å². The maximum atomic E-state index is 13.3. The minimum atomic E-state index is -0.502. The molecule has 0 saturated heterocycles. The predicted molar refractivity (Wildman–Crippen MR) is 123 cm³/mol. The first-order chi connectivity index (χ1) is 14.5. The predicted octanol–water partition coefficient (Wildman–Crippen LogP) is 5.81. The summed E-state index contributed by atoms with van der Waals surface area (Å²) in [6.07, 6.45) is 0. The average Bonchev–Trinajstić information content (AvgIpc) is 2.75. The van der Waals surface area contributed by atoms with Crippen molar-refractivity contribution < 1.29 is 0 Å². The van der Waals surface area contributed by atoms with Crippen LogP contribution in [0.25, 0.3) is 38.5 Å². The molecular formula is C24H14Cl2N2O2. The van der Waals surface area contributed by atoms with Crippen LogP contribution in [0.15, 0.2) is 88.5 Å². The van der Waals surface area contributed by atoms with E-state index < -0.39 is 5.69 Å². The van der Waals surface area contributed by atoms with E-state index in [1.807, 2.05) is 36.4 Å². The van der Waals surface area contributed by atoms with E-state index in [1.54, 1.807) is 42.5 Å². The van der Waals surface area contributed by atoms with Crippen LogP contribution in [0.2, 0.25) is 10.0 Å². The van der Waals surface area contributed by atoms with Gasteiger partial charge in [-0.05, 0) is 47.3 Å². The van der Waals surface area contributed by atoms with Gasteiger partial charge in [-0.15, -0.1) is 0 Å². The standard InChI is InChI=1S/C24H14Cl2N2O2/c25-16-9-11-20(26)19(13-16)15-8-10-18-21(12-15)27-24(30)28(23(18)29)22-7-3-5-14-4-1-2-6-17(14)22/h1-13H,(H,27,30). The van der Waals surface area contributed by atoms with Crippen molar-refractivity contribution in [2.24, 2.45) is 0 Å². The van der Waals surface area contributed by atoms with Crippen molar-refractivity contribution >= 4 is 44.9 Å². The van der Waals surface area contributed by atoms with Gasteiger partial charge in [0.15, 0.2) is 0 Å². The average molecular weight is 433 g/mol. The third-order valence-electron chi connectivity index (χ3n) is 5.14. The molecule has 6 heteroatoms. The van der Waals surface area contributed by atoms with E-state index in [0.717, 1.165) is 21.9 Å². The van der Waals surface area contributed by atoms with Gasteiger partial charge in [-0.1, -0.05) is 65.7 Å². The lowest BCUT2D eigenvalue weighted by Crippen LogP contribution is -2.33. The second-order valence-corrected chi connectivity index (χ2v) is 7.80. The Kier molecular flexibility index (Phi) is 4.46. The lowest BCUT2D eigenvalue weighted by molar-refractivity contribution is 0.908. The van der Waals surface area contributed by atoms with Crippen LogP contribution in [0.4, 0.5) is 0 Å². The molecule has 4 aromatic carbocycles. The fraction of sp³-hybridized carbons (Fsp3) is 0. The number of nitrogens with zero attached hydrogens (tertiary/aromatic N) is 1. The molecule has 0 spiro atoms. The summed E-state index contributed by atoms with van der Waals surface area (Å²) in [6.45, 7) is 0. The molecule has 0 unspecified atom stereocenters. The molecule has 0 fully saturated rings. The first-order valence-electron chi connectivity index (χ1n) is 9.25. The fourth-order valence-corrected chi connectivity index (χ4v) is 4.13. The summed E-state index contributed by atoms with van der Waals surface area (Å²) in [7, 11) is 0. The third kappa shape index (κ3) is 3.02. The van der Waals surface area contributed by atoms with Crippen LogP contribution < -0.4 is 11.2 Å². The number of fused-ring (bicyclic) bond motifs is 2. The second kappa shape index (κ2) is 7.17. The molecule has 0 atom stereocenters. The van der Waals surface area contributed by atoms with Crippen LogP contribution >= 0.6 is 23.2 Å². The maximum absolute atomic E-state index is 13.3. The Labute approximate surface area is 180 Å². The molecular weight excluding hydrogens is 419 g/mol. The van der Waals surface area contributed by atoms with Gasteiger partial charge in [0.2, 0.25) is 0 Å². The van der Waals surface area contributed by atoms with Gasteiger partial charge in [0.25, 0.3) is 5.56 Å². The van der Waals surface area contributed by atoms with E-state index in [1.165, 1.54) is 4.57 Å². The highest BCUT2D eigenvalue weighted by atomic mass is 35.5. The fourth-order valence-electron chi connectivity index (χ4n) is 3.73. The zero-order valence-electron chi connectivity index (χ0n) is 15.5. The van der Waals surface area contributed by atoms with Crippen molar-refractivity contribution in [3.63, 3.8) is 0 Å². The topological polar surface area (TPSA) is 54.9 Å². The molecule has 0 bridgehead atoms. The summed E-state index contributed by atoms with van der Waals surface area (Å²) in [5.74, 6) is 0. The van der Waals surface area contributed by atoms with Gasteiger partial charge < -0.3 is 4.98 Å². The molecule has 5 rings (SSSR count). The lowest BCUT2D eigenvalue weighted by Gasteiger charge is -2.11. The first kappa shape index (κ1) is 18.7. The highest BCUT2D eigenvalue weighted by Crippen LogP contribution is 2.31. The Morgan fingerprint density at radius 2 is 1.57 bits per heavy atom. The van der Waals surface area contributed by atoms with Crippen LogP contribution in [0, 0.1) is 0 Å². The van der Waals surface area contributed by atoms with Crippen LogP contribution in [0.1, 0.15) is 0 Å². The molecule has 0 aliphatic rings. The number of benzene rings is 4. The van der Waals surface area contributed by atoms with Crippen molar-refractivity contribution in [2.75, 3.05) is 0 Å². The van der Waals surface area contributed by atoms with Gasteiger partial charge in [-0.3, -0.25) is 4.79 Å². The molecule has 0 aliphatic heterocycles. The van der Waals surface area contributed by atoms with Gasteiger partial charge in [0.1, 0.15) is 0 Å². The number of nitrogens with one attached hydrogen (secondary N) is 1. The molecule has 0 radical (unpaired) electrons. The van der Waals surface area contributed by atoms with E-state index in [9.17, 15) is 9.59 Å². The molecule has 1 N–H and O–H groups in total. The van der Waals surface area contributed by atoms with Crippen LogP contribution in [0.3, 0.4) is 0 Å². The lowest BCUT2D eigenvalue weighted by atomic mass is 10.0. The van der Waals surface area contributed by atoms with Gasteiger partial charge in [-0.25, -0.2) is 9.36 Å². The monoisotopic (exact) mass is 432 g/mol. The van der Waals surface area contributed by atoms with E-state index >= 15 is 0 Å². The number of aromatic nitrogens is 2. The Hall–Kier alpha value is -3.34. The Morgan fingerprint density at radius 1 is 0.767 bits per heavy atom. The van der Waals surface area contributed by atoms with Crippen molar-refractivity contribution in [3.05, 3.63) is 110 Å². The summed E-state index contributed by atoms with van der Waals surface area (Å²) in [6, 6.07) is 23.6. The number of hydrogen-bond acceptors (Lipinski definition) is 2. The van der Waals surface area contributed by atoms with E-state index in [2.05, 4.69) is 4.98 Å². The number of aromatic amines is 1. The summed E-state index contributed by atoms with van der Waals surface area (Å²) in [5, 5.41) is 3.27. The Morgan fingerprint density at radius 3 is 2.43 bits per heavy atom. The van der Waals surface area contributed by atoms with E-state index in [0.29, 0.717) is 26.6 Å². The SMILES string of the molecule is O=c1[nH]c2cc(-c3cc(Cl)ccc3Cl)ccc2c(=O)n1-c1cccc2ccccc12. The molecule has 146 valence electrons. The number of hydrogen-bond donors (Lipinski definition) is 1. The molecule has 0 saturated carbocycles. The molecule has 5 aromatic rings. The quantitative estimate of drug-likeness (QED) is 0.382. The van der Waals surface area contributed by atoms with Crippen LogP contribution in [-0.2, 0) is 0 Å². The van der Waals surface area contributed by atoms with Crippen LogP contribution in [0.5, 0.6) is 0 Å². The summed E-state index contributed by atoms with van der Waals surface area (Å²) in [4.78, 5) is 29.0. The zero-order valence-corrected chi connectivity index (χ0v) is 17.0. The number of halogens is 2. The van der Waals surface area contributed by atoms with Gasteiger partial charge in [-0.2, -0.15) is 0 Å². The minimum absolute atomic E-state index is 0.381. The van der Waals surface area contributed by atoms with Crippen molar-refractivity contribution in [1.82, 2.24) is 9.55 Å². The van der Waals surface area contributed by atoms with Crippen LogP contribution in [-0.4, -0.2) is 9.55 Å². The van der Waals surface area contributed by atoms with E-state index in [4.69, 9.17) is 23.2 Å². The Bertz CT molecular complexity index is 1560. The summed E-state index contributed by atoms with van der Waals surface area (Å²) in [5.41, 5.74) is 1.59. The van der Waals surface area contributed by atoms with Gasteiger partial charge >= 0.3 is 5.69 Å². The molecule has 0 amide bonds. The van der Waals surface area contributed by atoms with Crippen molar-refractivity contribution in [1.29, 1.82) is 0 Å². The number of H-pyrrole nitrogens is 1. The maximum Gasteiger partial charge on any atom is 0.333 e. The molecule has 30 heavy (non-hydrogen) atoms. The smallest absolute Gasteiger partial charge is 0.306 e. The number of rotatable bonds is 2. The molecule has 1 heterocycles. The zero-order chi connectivity index (χ0) is 20.8. The highest BCUT2D eigenvalue weighted by Gasteiger charge is 2.13. The largest absolute Gasteiger partial charge is 0.333 e. The molecule has 0 aliphatic carbocycles. The highest BCUT2D eigenvalue weighted by molar-refractivity contribution is 6.35. The normalized spacial score (nSPS) is 11.3. The molecule has 1 aromatic heterocycles.